The van der Waals surface area contributed by atoms with E-state index in [1.54, 1.807) is 6.92 Å². The van der Waals surface area contributed by atoms with Gasteiger partial charge in [0.05, 0.1) is 0 Å². The number of aryl methyl sites for hydroxylation is 1. The predicted octanol–water partition coefficient (Wildman–Crippen LogP) is 8.07. The molecule has 0 spiro atoms. The van der Waals surface area contributed by atoms with E-state index in [0.29, 0.717) is 0 Å². The van der Waals surface area contributed by atoms with Crippen molar-refractivity contribution < 1.29 is 4.79 Å². The zero-order chi connectivity index (χ0) is 20.9. The number of carbonyl (C=O) groups excluding carboxylic acids is 1. The van der Waals surface area contributed by atoms with Crippen molar-refractivity contribution in [3.05, 3.63) is 51.5 Å². The van der Waals surface area contributed by atoms with Gasteiger partial charge >= 0.3 is 0 Å². The second-order valence-corrected chi connectivity index (χ2v) is 12.9. The molecule has 2 heteroatoms. The first kappa shape index (κ1) is 22.0. The van der Waals surface area contributed by atoms with Crippen LogP contribution in [0, 0.1) is 6.92 Å². The molecule has 1 nitrogen and oxygen atoms in total. The fourth-order valence-electron chi connectivity index (χ4n) is 3.63. The molecule has 1 aromatic heterocycles. The topological polar surface area (TPSA) is 17.1 Å². The van der Waals surface area contributed by atoms with E-state index in [9.17, 15) is 4.79 Å². The van der Waals surface area contributed by atoms with Crippen molar-refractivity contribution in [2.24, 2.45) is 0 Å². The summed E-state index contributed by atoms with van der Waals surface area (Å²) in [5.41, 5.74) is 5.42. The smallest absolute Gasteiger partial charge is 0.164 e. The van der Waals surface area contributed by atoms with Crippen molar-refractivity contribution in [1.82, 2.24) is 0 Å². The van der Waals surface area contributed by atoms with Gasteiger partial charge in [0.2, 0.25) is 0 Å². The maximum Gasteiger partial charge on any atom is 0.164 e. The average Bonchev–Trinajstić information content (AvgIpc) is 2.84. The maximum absolute atomic E-state index is 12.5. The van der Waals surface area contributed by atoms with Crippen LogP contribution >= 0.6 is 7.53 Å². The van der Waals surface area contributed by atoms with Crippen LogP contribution < -0.4 is 0 Å². The van der Waals surface area contributed by atoms with Crippen molar-refractivity contribution in [2.75, 3.05) is 0 Å². The van der Waals surface area contributed by atoms with Crippen LogP contribution in [-0.4, -0.2) is 5.78 Å². The summed E-state index contributed by atoms with van der Waals surface area (Å²) in [5.74, 6) is 2.50. The van der Waals surface area contributed by atoms with Crippen LogP contribution in [0.1, 0.15) is 102 Å². The molecule has 1 unspecified atom stereocenters. The minimum absolute atomic E-state index is 0.0190. The molecule has 0 aliphatic carbocycles. The number of Topliss-reactive ketones (excluding diaryl/α,β-unsaturated/α-hetero) is 1. The average molecular weight is 385 g/mol. The Morgan fingerprint density at radius 1 is 0.815 bits per heavy atom. The Bertz CT molecular complexity index is 826. The van der Waals surface area contributed by atoms with Gasteiger partial charge in [-0.15, -0.1) is 0 Å². The molecule has 2 aromatic rings. The van der Waals surface area contributed by atoms with Crippen LogP contribution in [0.4, 0.5) is 0 Å². The Morgan fingerprint density at radius 2 is 1.26 bits per heavy atom. The van der Waals surface area contributed by atoms with E-state index in [1.807, 2.05) is 0 Å². The van der Waals surface area contributed by atoms with E-state index in [0.717, 1.165) is 10.9 Å². The van der Waals surface area contributed by atoms with Gasteiger partial charge in [0, 0.05) is 10.6 Å². The molecule has 1 atom stereocenters. The van der Waals surface area contributed by atoms with Gasteiger partial charge in [-0.1, -0.05) is 88.0 Å². The van der Waals surface area contributed by atoms with Gasteiger partial charge in [-0.25, -0.2) is 0 Å². The first-order valence-corrected chi connectivity index (χ1v) is 11.3. The molecular weight excluding hydrogens is 347 g/mol. The molecule has 148 valence electrons. The highest BCUT2D eigenvalue weighted by molar-refractivity contribution is 7.58. The van der Waals surface area contributed by atoms with Crippen molar-refractivity contribution in [2.45, 2.75) is 92.4 Å². The number of hydrogen-bond donors (Lipinski definition) is 0. The molecule has 0 saturated heterocycles. The van der Waals surface area contributed by atoms with Crippen LogP contribution in [0.25, 0.3) is 5.30 Å². The highest BCUT2D eigenvalue weighted by Gasteiger charge is 2.31. The number of benzene rings is 1. The lowest BCUT2D eigenvalue weighted by molar-refractivity contribution is 0.102. The van der Waals surface area contributed by atoms with Gasteiger partial charge in [0.1, 0.15) is 0 Å². The number of rotatable bonds is 2. The minimum Gasteiger partial charge on any atom is -0.294 e. The van der Waals surface area contributed by atoms with Gasteiger partial charge in [-0.2, -0.15) is 0 Å². The highest BCUT2D eigenvalue weighted by Crippen LogP contribution is 2.54. The van der Waals surface area contributed by atoms with E-state index < -0.39 is 7.53 Å². The number of carbonyl (C=O) groups is 1. The van der Waals surface area contributed by atoms with Gasteiger partial charge < -0.3 is 0 Å². The second kappa shape index (κ2) is 6.93. The normalized spacial score (nSPS) is 13.8. The summed E-state index contributed by atoms with van der Waals surface area (Å²) in [6.07, 6.45) is 0. The lowest BCUT2D eigenvalue weighted by atomic mass is 9.75. The molecule has 0 aliphatic rings. The highest BCUT2D eigenvalue weighted by atomic mass is 31.1. The third kappa shape index (κ3) is 4.40. The molecule has 1 heterocycles. The van der Waals surface area contributed by atoms with Crippen molar-refractivity contribution in [1.29, 1.82) is 0 Å². The molecule has 0 saturated carbocycles. The zero-order valence-electron chi connectivity index (χ0n) is 19.2. The summed E-state index contributed by atoms with van der Waals surface area (Å²) in [4.78, 5) is 12.5. The third-order valence-corrected chi connectivity index (χ3v) is 7.81. The van der Waals surface area contributed by atoms with Gasteiger partial charge in [-0.3, -0.25) is 4.79 Å². The predicted molar refractivity (Wildman–Crippen MR) is 121 cm³/mol. The Kier molecular flexibility index (Phi) is 5.63. The lowest BCUT2D eigenvalue weighted by Gasteiger charge is -2.34. The first-order valence-electron chi connectivity index (χ1n) is 9.94. The summed E-state index contributed by atoms with van der Waals surface area (Å²) in [6.45, 7) is 24.4. The van der Waals surface area contributed by atoms with Crippen molar-refractivity contribution >= 4 is 13.3 Å². The fraction of sp³-hybridized carbons (Fsp3) is 0.560. The molecule has 0 bridgehead atoms. The molecule has 0 N–H and O–H groups in total. The van der Waals surface area contributed by atoms with Gasteiger partial charge in [0.15, 0.2) is 5.78 Å². The van der Waals surface area contributed by atoms with Crippen molar-refractivity contribution in [3.63, 3.8) is 0 Å². The molecule has 1 aromatic carbocycles. The quantitative estimate of drug-likeness (QED) is 0.478. The van der Waals surface area contributed by atoms with Gasteiger partial charge in [-0.05, 0) is 58.1 Å². The Labute approximate surface area is 167 Å². The molecular formula is C25H37OP. The molecule has 0 radical (unpaired) electrons. The summed E-state index contributed by atoms with van der Waals surface area (Å²) in [6, 6.07) is 6.97. The summed E-state index contributed by atoms with van der Waals surface area (Å²) in [5, 5.41) is 2.42. The van der Waals surface area contributed by atoms with Gasteiger partial charge in [0.25, 0.3) is 0 Å². The lowest BCUT2D eigenvalue weighted by Crippen LogP contribution is -2.22. The summed E-state index contributed by atoms with van der Waals surface area (Å²) in [7, 11) is -0.751. The Hall–Kier alpha value is -1.33. The Morgan fingerprint density at radius 3 is 1.59 bits per heavy atom. The van der Waals surface area contributed by atoms with E-state index in [-0.39, 0.29) is 22.0 Å². The standard InChI is InChI=1S/C25H37OP/c1-16-12-13-27(21(16)17(2)26)22-19(24(6,7)8)14-18(23(3,4)5)15-20(22)25(9,10)11/h12-15H,1-11H3. The first-order chi connectivity index (χ1) is 12.0. The molecule has 2 rings (SSSR count). The van der Waals surface area contributed by atoms with E-state index in [1.165, 1.54) is 22.0 Å². The van der Waals surface area contributed by atoms with Crippen LogP contribution in [0.5, 0.6) is 0 Å². The van der Waals surface area contributed by atoms with Crippen LogP contribution in [0.3, 0.4) is 0 Å². The van der Waals surface area contributed by atoms with Crippen molar-refractivity contribution in [3.8, 4) is 5.30 Å². The number of ketones is 1. The fourth-order valence-corrected chi connectivity index (χ4v) is 6.64. The zero-order valence-corrected chi connectivity index (χ0v) is 20.1. The largest absolute Gasteiger partial charge is 0.294 e. The molecule has 0 aliphatic heterocycles. The maximum atomic E-state index is 12.5. The number of hydrogen-bond acceptors (Lipinski definition) is 1. The van der Waals surface area contributed by atoms with E-state index in [4.69, 9.17) is 0 Å². The van der Waals surface area contributed by atoms with Crippen LogP contribution in [-0.2, 0) is 16.2 Å². The second-order valence-electron chi connectivity index (χ2n) is 10.9. The molecule has 0 amide bonds. The van der Waals surface area contributed by atoms with Crippen LogP contribution in [0.2, 0.25) is 0 Å². The van der Waals surface area contributed by atoms with E-state index in [2.05, 4.69) is 93.2 Å². The Balaban J connectivity index is 3.06. The monoisotopic (exact) mass is 384 g/mol. The summed E-state index contributed by atoms with van der Waals surface area (Å²) >= 11 is 0. The SMILES string of the molecule is CC(=O)c1c(C)ccp1-c1c(C(C)(C)C)cc(C(C)(C)C)cc1C(C)(C)C. The molecule has 0 fully saturated rings. The summed E-state index contributed by atoms with van der Waals surface area (Å²) < 4.78 is 0. The van der Waals surface area contributed by atoms with E-state index >= 15 is 0 Å². The third-order valence-electron chi connectivity index (χ3n) is 5.25. The van der Waals surface area contributed by atoms with Crippen LogP contribution in [0.15, 0.2) is 24.0 Å². The molecule has 27 heavy (non-hydrogen) atoms. The minimum atomic E-state index is -0.751.